The van der Waals surface area contributed by atoms with Crippen LogP contribution in [0.15, 0.2) is 6.07 Å². The molecule has 1 atom stereocenters. The number of ether oxygens (including phenoxy) is 1. The summed E-state index contributed by atoms with van der Waals surface area (Å²) < 4.78 is 5.48. The Morgan fingerprint density at radius 2 is 2.47 bits per heavy atom. The summed E-state index contributed by atoms with van der Waals surface area (Å²) in [4.78, 5) is 8.15. The van der Waals surface area contributed by atoms with Crippen molar-refractivity contribution in [3.63, 3.8) is 0 Å². The number of aryl methyl sites for hydroxylation is 1. The lowest BCUT2D eigenvalue weighted by atomic mass is 10.2. The van der Waals surface area contributed by atoms with E-state index in [1.54, 1.807) is 6.07 Å². The van der Waals surface area contributed by atoms with Crippen LogP contribution in [-0.2, 0) is 0 Å². The molecule has 5 heteroatoms. The quantitative estimate of drug-likeness (QED) is 0.797. The molecule has 0 spiro atoms. The summed E-state index contributed by atoms with van der Waals surface area (Å²) >= 11 is 5.80. The van der Waals surface area contributed by atoms with Crippen molar-refractivity contribution in [2.75, 3.05) is 13.2 Å². The Balaban J connectivity index is 1.92. The maximum absolute atomic E-state index is 5.80. The van der Waals surface area contributed by atoms with Gasteiger partial charge in [-0.3, -0.25) is 0 Å². The Labute approximate surface area is 94.0 Å². The van der Waals surface area contributed by atoms with E-state index >= 15 is 0 Å². The summed E-state index contributed by atoms with van der Waals surface area (Å²) in [7, 11) is 0. The highest BCUT2D eigenvalue weighted by molar-refractivity contribution is 6.29. The molecule has 0 aliphatic carbocycles. The van der Waals surface area contributed by atoms with Gasteiger partial charge in [0, 0.05) is 11.7 Å². The first-order valence-corrected chi connectivity index (χ1v) is 5.49. The summed E-state index contributed by atoms with van der Waals surface area (Å²) in [5.41, 5.74) is 0.824. The second-order valence-corrected chi connectivity index (χ2v) is 4.11. The zero-order valence-electron chi connectivity index (χ0n) is 8.66. The Morgan fingerprint density at radius 3 is 3.13 bits per heavy atom. The van der Waals surface area contributed by atoms with Crippen molar-refractivity contribution in [3.8, 4) is 6.01 Å². The molecule has 2 rings (SSSR count). The average molecular weight is 228 g/mol. The highest BCUT2D eigenvalue weighted by atomic mass is 35.5. The molecule has 0 bridgehead atoms. The van der Waals surface area contributed by atoms with Crippen LogP contribution in [-0.4, -0.2) is 29.2 Å². The number of rotatable bonds is 3. The van der Waals surface area contributed by atoms with E-state index < -0.39 is 0 Å². The third kappa shape index (κ3) is 3.04. The fourth-order valence-corrected chi connectivity index (χ4v) is 1.87. The minimum absolute atomic E-state index is 0.369. The summed E-state index contributed by atoms with van der Waals surface area (Å²) in [6.07, 6.45) is 2.36. The maximum Gasteiger partial charge on any atom is 0.318 e. The number of nitrogens with zero attached hydrogens (tertiary/aromatic N) is 2. The smallest absolute Gasteiger partial charge is 0.318 e. The lowest BCUT2D eigenvalue weighted by Crippen LogP contribution is -2.28. The highest BCUT2D eigenvalue weighted by Crippen LogP contribution is 2.12. The Hall–Kier alpha value is -0.870. The number of hydrogen-bond acceptors (Lipinski definition) is 4. The first-order chi connectivity index (χ1) is 7.24. The second-order valence-electron chi connectivity index (χ2n) is 3.72. The molecular weight excluding hydrogens is 214 g/mol. The molecule has 0 radical (unpaired) electrons. The normalized spacial score (nSPS) is 20.5. The summed E-state index contributed by atoms with van der Waals surface area (Å²) in [5.74, 6) is 0. The van der Waals surface area contributed by atoms with Crippen molar-refractivity contribution < 1.29 is 4.74 Å². The van der Waals surface area contributed by atoms with Gasteiger partial charge in [-0.2, -0.15) is 4.98 Å². The van der Waals surface area contributed by atoms with Crippen molar-refractivity contribution in [3.05, 3.63) is 16.9 Å². The van der Waals surface area contributed by atoms with Gasteiger partial charge < -0.3 is 10.1 Å². The first-order valence-electron chi connectivity index (χ1n) is 5.11. The third-order valence-electron chi connectivity index (χ3n) is 2.38. The van der Waals surface area contributed by atoms with Crippen LogP contribution in [0.5, 0.6) is 6.01 Å². The Bertz CT molecular complexity index is 319. The van der Waals surface area contributed by atoms with Crippen LogP contribution in [0.1, 0.15) is 18.5 Å². The van der Waals surface area contributed by atoms with E-state index in [4.69, 9.17) is 16.3 Å². The van der Waals surface area contributed by atoms with Crippen molar-refractivity contribution >= 4 is 11.6 Å². The maximum atomic E-state index is 5.80. The zero-order valence-corrected chi connectivity index (χ0v) is 9.42. The van der Waals surface area contributed by atoms with Crippen LogP contribution in [0.4, 0.5) is 0 Å². The monoisotopic (exact) mass is 227 g/mol. The van der Waals surface area contributed by atoms with Gasteiger partial charge in [0.05, 0.1) is 0 Å². The Kier molecular flexibility index (Phi) is 3.38. The molecule has 0 saturated carbocycles. The summed E-state index contributed by atoms with van der Waals surface area (Å²) in [5, 5.41) is 3.77. The van der Waals surface area contributed by atoms with Crippen molar-refractivity contribution in [1.29, 1.82) is 0 Å². The van der Waals surface area contributed by atoms with E-state index in [2.05, 4.69) is 15.3 Å². The lowest BCUT2D eigenvalue weighted by Gasteiger charge is -2.10. The molecule has 1 fully saturated rings. The number of nitrogens with one attached hydrogen (secondary N) is 1. The van der Waals surface area contributed by atoms with Gasteiger partial charge in [0.15, 0.2) is 0 Å². The first kappa shape index (κ1) is 10.6. The lowest BCUT2D eigenvalue weighted by molar-refractivity contribution is 0.256. The number of halogens is 1. The van der Waals surface area contributed by atoms with E-state index in [1.165, 1.54) is 6.42 Å². The van der Waals surface area contributed by atoms with Crippen LogP contribution < -0.4 is 10.1 Å². The molecular formula is C10H14ClN3O. The average Bonchev–Trinajstić information content (AvgIpc) is 2.65. The van der Waals surface area contributed by atoms with E-state index in [9.17, 15) is 0 Å². The number of aromatic nitrogens is 2. The minimum atomic E-state index is 0.369. The third-order valence-corrected chi connectivity index (χ3v) is 2.57. The number of hydrogen-bond donors (Lipinski definition) is 1. The van der Waals surface area contributed by atoms with Crippen molar-refractivity contribution in [2.24, 2.45) is 0 Å². The topological polar surface area (TPSA) is 47.0 Å². The van der Waals surface area contributed by atoms with Gasteiger partial charge >= 0.3 is 6.01 Å². The van der Waals surface area contributed by atoms with Crippen LogP contribution in [0.2, 0.25) is 5.15 Å². The van der Waals surface area contributed by atoms with E-state index in [1.807, 2.05) is 6.92 Å². The molecule has 1 N–H and O–H groups in total. The highest BCUT2D eigenvalue weighted by Gasteiger charge is 2.15. The van der Waals surface area contributed by atoms with Gasteiger partial charge in [0.25, 0.3) is 0 Å². The standard InChI is InChI=1S/C10H14ClN3O/c1-7-5-9(11)14-10(13-7)15-6-8-3-2-4-12-8/h5,8,12H,2-4,6H2,1H3/t8-/m0/s1. The van der Waals surface area contributed by atoms with Crippen LogP contribution >= 0.6 is 11.6 Å². The van der Waals surface area contributed by atoms with Gasteiger partial charge in [0.1, 0.15) is 11.8 Å². The van der Waals surface area contributed by atoms with Crippen molar-refractivity contribution in [2.45, 2.75) is 25.8 Å². The molecule has 1 aromatic rings. The molecule has 1 aliphatic heterocycles. The molecule has 1 aliphatic rings. The van der Waals surface area contributed by atoms with Gasteiger partial charge in [-0.25, -0.2) is 4.98 Å². The molecule has 2 heterocycles. The van der Waals surface area contributed by atoms with Gasteiger partial charge in [-0.05, 0) is 32.4 Å². The van der Waals surface area contributed by atoms with Crippen molar-refractivity contribution in [1.82, 2.24) is 15.3 Å². The Morgan fingerprint density at radius 1 is 1.60 bits per heavy atom. The fraction of sp³-hybridized carbons (Fsp3) is 0.600. The fourth-order valence-electron chi connectivity index (χ4n) is 1.64. The van der Waals surface area contributed by atoms with E-state index in [0.29, 0.717) is 23.8 Å². The molecule has 0 unspecified atom stereocenters. The molecule has 15 heavy (non-hydrogen) atoms. The molecule has 1 saturated heterocycles. The van der Waals surface area contributed by atoms with Crippen LogP contribution in [0.3, 0.4) is 0 Å². The zero-order chi connectivity index (χ0) is 10.7. The molecule has 0 amide bonds. The van der Waals surface area contributed by atoms with E-state index in [0.717, 1.165) is 18.7 Å². The summed E-state index contributed by atoms with van der Waals surface area (Å²) in [6, 6.07) is 2.50. The SMILES string of the molecule is Cc1cc(Cl)nc(OC[C@@H]2CCCN2)n1. The summed E-state index contributed by atoms with van der Waals surface area (Å²) in [6.45, 7) is 3.55. The van der Waals surface area contributed by atoms with Gasteiger partial charge in [0.2, 0.25) is 0 Å². The second kappa shape index (κ2) is 4.77. The largest absolute Gasteiger partial charge is 0.462 e. The molecule has 82 valence electrons. The molecule has 0 aromatic carbocycles. The predicted octanol–water partition coefficient (Wildman–Crippen LogP) is 1.57. The minimum Gasteiger partial charge on any atom is -0.462 e. The van der Waals surface area contributed by atoms with Crippen LogP contribution in [0.25, 0.3) is 0 Å². The predicted molar refractivity (Wildman–Crippen MR) is 58.3 cm³/mol. The van der Waals surface area contributed by atoms with Gasteiger partial charge in [-0.15, -0.1) is 0 Å². The van der Waals surface area contributed by atoms with Crippen LogP contribution in [0, 0.1) is 6.92 Å². The van der Waals surface area contributed by atoms with Gasteiger partial charge in [-0.1, -0.05) is 11.6 Å². The van der Waals surface area contributed by atoms with E-state index in [-0.39, 0.29) is 0 Å². The molecule has 4 nitrogen and oxygen atoms in total. The molecule has 1 aromatic heterocycles.